The second-order valence-electron chi connectivity index (χ2n) is 7.67. The molecule has 3 heterocycles. The minimum atomic E-state index is -0.499. The van der Waals surface area contributed by atoms with Crippen LogP contribution in [0.2, 0.25) is 5.15 Å². The number of pyridine rings is 2. The van der Waals surface area contributed by atoms with Crippen LogP contribution in [0.25, 0.3) is 0 Å². The summed E-state index contributed by atoms with van der Waals surface area (Å²) < 4.78 is 29.4. The van der Waals surface area contributed by atoms with Crippen molar-refractivity contribution in [1.82, 2.24) is 15.3 Å². The number of carbonyl (C=O) groups is 2. The number of rotatable bonds is 5. The van der Waals surface area contributed by atoms with Gasteiger partial charge in [-0.05, 0) is 13.8 Å². The summed E-state index contributed by atoms with van der Waals surface area (Å²) in [6.07, 6.45) is 2.82. The Labute approximate surface area is 202 Å². The third kappa shape index (κ3) is 6.93. The van der Waals surface area contributed by atoms with Crippen LogP contribution in [-0.4, -0.2) is 75.5 Å². The highest BCUT2D eigenvalue weighted by Gasteiger charge is 2.27. The Kier molecular flexibility index (Phi) is 8.67. The fourth-order valence-electron chi connectivity index (χ4n) is 3.21. The van der Waals surface area contributed by atoms with Gasteiger partial charge < -0.3 is 29.2 Å². The van der Waals surface area contributed by atoms with Crippen molar-refractivity contribution in [3.8, 4) is 11.5 Å². The average Bonchev–Trinajstić information content (AvgIpc) is 2.88. The quantitative estimate of drug-likeness (QED) is 0.495. The van der Waals surface area contributed by atoms with E-state index >= 15 is 0 Å². The first-order chi connectivity index (χ1) is 16.6. The minimum absolute atomic E-state index is 0. The summed E-state index contributed by atoms with van der Waals surface area (Å²) in [5.74, 6) is 0.705. The molecule has 1 fully saturated rings. The standard InChI is InChI=1S/C14H21N3O3.C8H8ClNO3.2H2/c1-14(2)9-17(6-5-16-14)12-7-11(19-3)10(8-15-12)13(18)20-4;1-12-6-3-7(9)10-4-5(6)8(11)13-2;;/h7-8,16H,5-6,9H2,1-4H3;3-4H,1-2H3;2*1H/i;;1+2T;1+2. The number of hydrogen-bond acceptors (Lipinski definition) is 10. The zero-order valence-electron chi connectivity index (χ0n) is 21.6. The molecular formula is C22H33ClN4O6. The molecule has 3 rings (SSSR count). The lowest BCUT2D eigenvalue weighted by Gasteiger charge is -2.39. The summed E-state index contributed by atoms with van der Waals surface area (Å²) in [7, 11) is 5.61. The van der Waals surface area contributed by atoms with E-state index in [1.54, 1.807) is 6.07 Å². The number of anilines is 1. The molecule has 1 aliphatic heterocycles. The van der Waals surface area contributed by atoms with Crippen LogP contribution < -0.4 is 19.7 Å². The van der Waals surface area contributed by atoms with Gasteiger partial charge in [0.1, 0.15) is 33.6 Å². The number of nitrogens with zero attached hydrogens (tertiary/aromatic N) is 3. The molecule has 10 nitrogen and oxygen atoms in total. The van der Waals surface area contributed by atoms with Gasteiger partial charge in [0, 0.05) is 54.1 Å². The van der Waals surface area contributed by atoms with Gasteiger partial charge in [0.05, 0.1) is 28.4 Å². The van der Waals surface area contributed by atoms with E-state index in [1.807, 2.05) is 0 Å². The second kappa shape index (κ2) is 11.7. The Morgan fingerprint density at radius 2 is 1.58 bits per heavy atom. The predicted octanol–water partition coefficient (Wildman–Crippen LogP) is 3.09. The number of esters is 2. The summed E-state index contributed by atoms with van der Waals surface area (Å²) >= 11 is 5.60. The highest BCUT2D eigenvalue weighted by atomic mass is 35.5. The highest BCUT2D eigenvalue weighted by Crippen LogP contribution is 2.26. The lowest BCUT2D eigenvalue weighted by Crippen LogP contribution is -2.57. The smallest absolute Gasteiger partial charge is 0.343 e. The van der Waals surface area contributed by atoms with Crippen LogP contribution in [0, 0.1) is 0 Å². The van der Waals surface area contributed by atoms with Crippen LogP contribution in [0.3, 0.4) is 0 Å². The minimum Gasteiger partial charge on any atom is -0.496 e. The van der Waals surface area contributed by atoms with Crippen molar-refractivity contribution >= 4 is 29.4 Å². The summed E-state index contributed by atoms with van der Waals surface area (Å²) in [4.78, 5) is 33.0. The van der Waals surface area contributed by atoms with Crippen molar-refractivity contribution in [3.63, 3.8) is 0 Å². The lowest BCUT2D eigenvalue weighted by atomic mass is 10.0. The molecule has 33 heavy (non-hydrogen) atoms. The molecule has 0 radical (unpaired) electrons. The Hall–Kier alpha value is -3.11. The molecular weight excluding hydrogens is 452 g/mol. The molecule has 1 N–H and O–H groups in total. The molecule has 11 heteroatoms. The van der Waals surface area contributed by atoms with E-state index in [9.17, 15) is 9.59 Å². The molecule has 1 aliphatic rings. The van der Waals surface area contributed by atoms with E-state index in [-0.39, 0.29) is 17.7 Å². The van der Waals surface area contributed by atoms with Crippen molar-refractivity contribution in [2.75, 3.05) is 53.0 Å². The van der Waals surface area contributed by atoms with E-state index in [4.69, 9.17) is 28.8 Å². The second-order valence-corrected chi connectivity index (χ2v) is 8.05. The van der Waals surface area contributed by atoms with Gasteiger partial charge in [0.2, 0.25) is 0 Å². The fourth-order valence-corrected chi connectivity index (χ4v) is 3.36. The van der Waals surface area contributed by atoms with E-state index < -0.39 is 11.9 Å². The van der Waals surface area contributed by atoms with Crippen molar-refractivity contribution in [2.24, 2.45) is 0 Å². The Balaban J connectivity index is 0.000000667. The van der Waals surface area contributed by atoms with Crippen LogP contribution in [0.15, 0.2) is 24.5 Å². The molecule has 0 bridgehead atoms. The van der Waals surface area contributed by atoms with E-state index in [2.05, 4.69) is 38.8 Å². The molecule has 2 aromatic heterocycles. The molecule has 2 aromatic rings. The monoisotopic (exact) mass is 490 g/mol. The zero-order chi connectivity index (χ0) is 26.6. The summed E-state index contributed by atoms with van der Waals surface area (Å²) in [6, 6.07) is 3.24. The van der Waals surface area contributed by atoms with Crippen LogP contribution in [0.4, 0.5) is 5.82 Å². The molecule has 0 spiro atoms. The van der Waals surface area contributed by atoms with Gasteiger partial charge in [-0.15, -0.1) is 0 Å². The highest BCUT2D eigenvalue weighted by molar-refractivity contribution is 6.29. The number of ether oxygens (including phenoxy) is 4. The van der Waals surface area contributed by atoms with Gasteiger partial charge in [-0.3, -0.25) is 0 Å². The number of aromatic nitrogens is 2. The Morgan fingerprint density at radius 3 is 2.09 bits per heavy atom. The van der Waals surface area contributed by atoms with E-state index in [1.165, 1.54) is 46.9 Å². The van der Waals surface area contributed by atoms with Crippen LogP contribution in [0.1, 0.15) is 39.0 Å². The van der Waals surface area contributed by atoms with Gasteiger partial charge >= 0.3 is 11.9 Å². The van der Waals surface area contributed by atoms with Gasteiger partial charge in [0.15, 0.2) is 0 Å². The maximum Gasteiger partial charge on any atom is 0.343 e. The van der Waals surface area contributed by atoms with E-state index in [0.29, 0.717) is 17.1 Å². The van der Waals surface area contributed by atoms with Crippen LogP contribution in [-0.2, 0) is 9.47 Å². The first-order valence-electron chi connectivity index (χ1n) is 11.1. The Bertz CT molecular complexity index is 1000. The largest absolute Gasteiger partial charge is 0.496 e. The van der Waals surface area contributed by atoms with E-state index in [0.717, 1.165) is 25.5 Å². The number of carbonyl (C=O) groups excluding carboxylic acids is 2. The maximum atomic E-state index is 11.6. The molecule has 0 unspecified atom stereocenters. The summed E-state index contributed by atoms with van der Waals surface area (Å²) in [5.41, 5.74) is 0.635. The molecule has 0 aromatic carbocycles. The predicted molar refractivity (Wildman–Crippen MR) is 128 cm³/mol. The molecule has 184 valence electrons. The summed E-state index contributed by atoms with van der Waals surface area (Å²) in [5, 5.41) is 3.72. The first-order valence-corrected chi connectivity index (χ1v) is 10.4. The molecule has 0 aliphatic carbocycles. The molecule has 0 saturated carbocycles. The molecule has 1 saturated heterocycles. The van der Waals surface area contributed by atoms with Crippen molar-refractivity contribution in [3.05, 3.63) is 40.8 Å². The van der Waals surface area contributed by atoms with Crippen molar-refractivity contribution < 1.29 is 32.9 Å². The SMILES string of the molecule is COC(=O)c1cnc(Cl)cc1OC.COC(=O)c1cnc(N2CCNC(C)(C)C2)cc1OC.[3HH].[3H][3H]. The van der Waals surface area contributed by atoms with Gasteiger partial charge in [0.25, 0.3) is 0 Å². The molecule has 0 atom stereocenters. The maximum absolute atomic E-state index is 11.6. The third-order valence-electron chi connectivity index (χ3n) is 4.83. The molecule has 0 amide bonds. The first kappa shape index (κ1) is 24.5. The number of methoxy groups -OCH3 is 4. The number of nitrogens with one attached hydrogen (secondary N) is 1. The van der Waals surface area contributed by atoms with Gasteiger partial charge in [-0.2, -0.15) is 0 Å². The topological polar surface area (TPSA) is 112 Å². The normalized spacial score (nSPS) is 14.7. The zero-order valence-corrected chi connectivity index (χ0v) is 20.4. The average molecular weight is 491 g/mol. The van der Waals surface area contributed by atoms with Crippen molar-refractivity contribution in [2.45, 2.75) is 19.4 Å². The van der Waals surface area contributed by atoms with Crippen LogP contribution in [0.5, 0.6) is 11.5 Å². The van der Waals surface area contributed by atoms with Gasteiger partial charge in [-0.25, -0.2) is 19.6 Å². The Morgan fingerprint density at radius 1 is 1.03 bits per heavy atom. The number of halogens is 1. The number of piperazine rings is 1. The van der Waals surface area contributed by atoms with Crippen molar-refractivity contribution in [1.29, 1.82) is 0 Å². The van der Waals surface area contributed by atoms with Gasteiger partial charge in [-0.1, -0.05) is 11.6 Å². The lowest BCUT2D eigenvalue weighted by molar-refractivity contribution is 0.0587. The summed E-state index contributed by atoms with van der Waals surface area (Å²) in [6.45, 7) is 6.92. The number of hydrogen-bond donors (Lipinski definition) is 1. The third-order valence-corrected chi connectivity index (χ3v) is 5.04. The fraction of sp³-hybridized carbons (Fsp3) is 0.455. The van der Waals surface area contributed by atoms with Crippen LogP contribution >= 0.6 is 11.6 Å².